The smallest absolute Gasteiger partial charge is 0.325 e. The van der Waals surface area contributed by atoms with E-state index in [4.69, 9.17) is 0 Å². The molecule has 2 fully saturated rings. The van der Waals surface area contributed by atoms with E-state index in [2.05, 4.69) is 48.9 Å². The largest absolute Gasteiger partial charge is 0.354 e. The predicted octanol–water partition coefficient (Wildman–Crippen LogP) is 3.70. The van der Waals surface area contributed by atoms with Crippen LogP contribution in [0.2, 0.25) is 0 Å². The summed E-state index contributed by atoms with van der Waals surface area (Å²) < 4.78 is 1.23. The molecule has 2 aliphatic rings. The Balaban J connectivity index is 1.35. The molecule has 1 aromatic carbocycles. The predicted molar refractivity (Wildman–Crippen MR) is 118 cm³/mol. The summed E-state index contributed by atoms with van der Waals surface area (Å²) in [5.41, 5.74) is 0.305. The molecule has 4 amide bonds. The van der Waals surface area contributed by atoms with Crippen LogP contribution in [-0.2, 0) is 16.0 Å². The fourth-order valence-electron chi connectivity index (χ4n) is 5.41. The quantitative estimate of drug-likeness (QED) is 0.714. The molecule has 2 aromatic rings. The highest BCUT2D eigenvalue weighted by Gasteiger charge is 2.56. The maximum absolute atomic E-state index is 13.1. The maximum Gasteiger partial charge on any atom is 0.325 e. The Morgan fingerprint density at radius 3 is 2.80 bits per heavy atom. The van der Waals surface area contributed by atoms with Gasteiger partial charge in [0, 0.05) is 11.2 Å². The van der Waals surface area contributed by atoms with Gasteiger partial charge in [-0.1, -0.05) is 39.0 Å². The maximum atomic E-state index is 13.1. The first-order chi connectivity index (χ1) is 14.2. The molecule has 1 aromatic heterocycles. The lowest BCUT2D eigenvalue weighted by Crippen LogP contribution is -2.54. The second-order valence-corrected chi connectivity index (χ2v) is 10.5. The molecular weight excluding hydrogens is 398 g/mol. The molecule has 2 unspecified atom stereocenters. The van der Waals surface area contributed by atoms with Gasteiger partial charge in [-0.15, -0.1) is 11.3 Å². The van der Waals surface area contributed by atoms with E-state index >= 15 is 0 Å². The Bertz CT molecular complexity index is 998. The van der Waals surface area contributed by atoms with Gasteiger partial charge in [-0.2, -0.15) is 0 Å². The van der Waals surface area contributed by atoms with E-state index in [1.54, 1.807) is 11.3 Å². The van der Waals surface area contributed by atoms with E-state index in [1.165, 1.54) is 15.6 Å². The van der Waals surface area contributed by atoms with Crippen LogP contribution in [0.3, 0.4) is 0 Å². The van der Waals surface area contributed by atoms with Crippen molar-refractivity contribution in [1.82, 2.24) is 15.5 Å². The molecule has 2 atom stereocenters. The summed E-state index contributed by atoms with van der Waals surface area (Å²) in [5, 5.41) is 9.10. The number of nitrogens with zero attached hydrogens (tertiary/aromatic N) is 1. The van der Waals surface area contributed by atoms with Crippen LogP contribution in [0.25, 0.3) is 10.1 Å². The minimum Gasteiger partial charge on any atom is -0.354 e. The molecule has 1 saturated heterocycles. The molecule has 1 aliphatic heterocycles. The van der Waals surface area contributed by atoms with Crippen molar-refractivity contribution in [3.8, 4) is 0 Å². The van der Waals surface area contributed by atoms with Crippen LogP contribution in [0, 0.1) is 11.3 Å². The molecule has 0 bridgehead atoms. The topological polar surface area (TPSA) is 78.5 Å². The first-order valence-electron chi connectivity index (χ1n) is 10.6. The Kier molecular flexibility index (Phi) is 5.34. The minimum atomic E-state index is -0.867. The number of rotatable bonds is 5. The summed E-state index contributed by atoms with van der Waals surface area (Å²) in [6, 6.07) is 7.75. The number of fused-ring (bicyclic) bond motifs is 1. The number of hydrogen-bond donors (Lipinski definition) is 2. The molecule has 7 heteroatoms. The third kappa shape index (κ3) is 3.95. The van der Waals surface area contributed by atoms with E-state index in [-0.39, 0.29) is 23.8 Å². The van der Waals surface area contributed by atoms with Crippen LogP contribution in [0.5, 0.6) is 0 Å². The van der Waals surface area contributed by atoms with Crippen molar-refractivity contribution in [3.05, 3.63) is 35.2 Å². The van der Waals surface area contributed by atoms with Crippen molar-refractivity contribution in [2.45, 2.75) is 52.0 Å². The van der Waals surface area contributed by atoms with Crippen molar-refractivity contribution in [2.24, 2.45) is 11.3 Å². The summed E-state index contributed by atoms with van der Waals surface area (Å²) in [6.45, 7) is 6.62. The fraction of sp³-hybridized carbons (Fsp3) is 0.522. The van der Waals surface area contributed by atoms with Gasteiger partial charge in [0.15, 0.2) is 0 Å². The highest BCUT2D eigenvalue weighted by Crippen LogP contribution is 2.46. The summed E-state index contributed by atoms with van der Waals surface area (Å²) in [6.07, 6.45) is 2.98. The van der Waals surface area contributed by atoms with Crippen molar-refractivity contribution < 1.29 is 14.4 Å². The number of benzene rings is 1. The number of nitrogens with one attached hydrogen (secondary N) is 2. The molecule has 2 heterocycles. The number of urea groups is 1. The highest BCUT2D eigenvalue weighted by atomic mass is 32.1. The van der Waals surface area contributed by atoms with Crippen molar-refractivity contribution in [2.75, 3.05) is 13.1 Å². The average Bonchev–Trinajstić information content (AvgIpc) is 3.15. The lowest BCUT2D eigenvalue weighted by molar-refractivity contribution is -0.137. The van der Waals surface area contributed by atoms with Gasteiger partial charge in [-0.05, 0) is 59.4 Å². The summed E-state index contributed by atoms with van der Waals surface area (Å²) in [5.74, 6) is -0.225. The van der Waals surface area contributed by atoms with Crippen LogP contribution >= 0.6 is 11.3 Å². The number of carbonyl (C=O) groups is 3. The van der Waals surface area contributed by atoms with E-state index in [1.807, 2.05) is 12.1 Å². The zero-order chi connectivity index (χ0) is 21.5. The summed E-state index contributed by atoms with van der Waals surface area (Å²) in [7, 11) is 0. The zero-order valence-electron chi connectivity index (χ0n) is 17.8. The van der Waals surface area contributed by atoms with E-state index in [9.17, 15) is 14.4 Å². The van der Waals surface area contributed by atoms with Crippen LogP contribution in [0.4, 0.5) is 4.79 Å². The number of carbonyl (C=O) groups excluding carboxylic acids is 3. The van der Waals surface area contributed by atoms with Gasteiger partial charge in [0.1, 0.15) is 12.1 Å². The van der Waals surface area contributed by atoms with Gasteiger partial charge < -0.3 is 10.6 Å². The third-order valence-electron chi connectivity index (χ3n) is 6.20. The fourth-order valence-corrected chi connectivity index (χ4v) is 6.41. The number of amides is 4. The first-order valence-corrected chi connectivity index (χ1v) is 11.4. The second-order valence-electron chi connectivity index (χ2n) is 9.62. The molecule has 6 nitrogen and oxygen atoms in total. The molecule has 2 N–H and O–H groups in total. The molecule has 30 heavy (non-hydrogen) atoms. The van der Waals surface area contributed by atoms with Gasteiger partial charge in [0.25, 0.3) is 5.91 Å². The lowest BCUT2D eigenvalue weighted by Gasteiger charge is -2.43. The first kappa shape index (κ1) is 20.8. The molecule has 1 saturated carbocycles. The van der Waals surface area contributed by atoms with Gasteiger partial charge >= 0.3 is 6.03 Å². The monoisotopic (exact) mass is 427 g/mol. The Labute approximate surface area is 181 Å². The number of hydrogen-bond acceptors (Lipinski definition) is 4. The zero-order valence-corrected chi connectivity index (χ0v) is 18.6. The number of thiophene rings is 1. The molecule has 160 valence electrons. The minimum absolute atomic E-state index is 0.0256. The van der Waals surface area contributed by atoms with E-state index < -0.39 is 11.6 Å². The molecular formula is C23H29N3O3S. The molecule has 1 spiro atoms. The Hall–Kier alpha value is -2.41. The van der Waals surface area contributed by atoms with Crippen LogP contribution in [0.15, 0.2) is 29.6 Å². The third-order valence-corrected chi connectivity index (χ3v) is 7.22. The SMILES string of the molecule is CC1CC(C)(C)CC2(C1)NC(=O)N(CC(=O)NCCc1csc3ccccc13)C2=O. The van der Waals surface area contributed by atoms with Crippen LogP contribution in [-0.4, -0.2) is 41.4 Å². The average molecular weight is 428 g/mol. The van der Waals surface area contributed by atoms with Crippen molar-refractivity contribution >= 4 is 39.3 Å². The van der Waals surface area contributed by atoms with Gasteiger partial charge in [-0.3, -0.25) is 14.5 Å². The molecule has 4 rings (SSSR count). The number of imide groups is 1. The standard InChI is InChI=1S/C23H29N3O3S/c1-15-10-22(2,3)14-23(11-15)20(28)26(21(29)25-23)12-19(27)24-9-8-16-13-30-18-7-5-4-6-17(16)18/h4-7,13,15H,8-12,14H2,1-3H3,(H,24,27)(H,25,29). The Morgan fingerprint density at radius 1 is 1.27 bits per heavy atom. The second kappa shape index (κ2) is 7.69. The lowest BCUT2D eigenvalue weighted by atomic mass is 9.64. The molecule has 1 aliphatic carbocycles. The Morgan fingerprint density at radius 2 is 2.03 bits per heavy atom. The highest BCUT2D eigenvalue weighted by molar-refractivity contribution is 7.17. The summed E-state index contributed by atoms with van der Waals surface area (Å²) >= 11 is 1.69. The summed E-state index contributed by atoms with van der Waals surface area (Å²) in [4.78, 5) is 39.2. The van der Waals surface area contributed by atoms with Gasteiger partial charge in [-0.25, -0.2) is 4.79 Å². The van der Waals surface area contributed by atoms with Crippen LogP contribution in [0.1, 0.15) is 45.6 Å². The van der Waals surface area contributed by atoms with Crippen molar-refractivity contribution in [3.63, 3.8) is 0 Å². The van der Waals surface area contributed by atoms with Crippen molar-refractivity contribution in [1.29, 1.82) is 0 Å². The molecule has 0 radical (unpaired) electrons. The normalized spacial score (nSPS) is 25.7. The van der Waals surface area contributed by atoms with E-state index in [0.29, 0.717) is 31.7 Å². The van der Waals surface area contributed by atoms with Gasteiger partial charge in [0.2, 0.25) is 5.91 Å². The van der Waals surface area contributed by atoms with E-state index in [0.717, 1.165) is 11.3 Å². The van der Waals surface area contributed by atoms with Crippen LogP contribution < -0.4 is 10.6 Å². The van der Waals surface area contributed by atoms with Gasteiger partial charge in [0.05, 0.1) is 0 Å².